The molecule has 2 N–H and O–H groups in total. The van der Waals surface area contributed by atoms with E-state index in [2.05, 4.69) is 19.4 Å². The maximum absolute atomic E-state index is 10.8. The molecule has 4 radical (unpaired) electrons. The molecule has 0 aromatic heterocycles. The quantitative estimate of drug-likeness (QED) is 0.336. The first-order valence-electron chi connectivity index (χ1n) is 5.50. The van der Waals surface area contributed by atoms with E-state index in [-0.39, 0.29) is 115 Å². The minimum Gasteiger partial charge on any atom is -0.412 e. The van der Waals surface area contributed by atoms with Crippen LogP contribution in [0, 0.1) is 0 Å². The summed E-state index contributed by atoms with van der Waals surface area (Å²) in [6.07, 6.45) is 0. The largest absolute Gasteiger partial charge is 0.412 e. The molecular formula is C10H18CaN2Na2O9. The van der Waals surface area contributed by atoms with Crippen molar-refractivity contribution in [2.45, 2.75) is 27.7 Å². The van der Waals surface area contributed by atoms with Crippen LogP contribution in [0.4, 0.5) is 0 Å². The fraction of sp³-hybridized carbons (Fsp3) is 0.600. The van der Waals surface area contributed by atoms with E-state index in [0.29, 0.717) is 10.5 Å². The van der Waals surface area contributed by atoms with Crippen LogP contribution < -0.4 is 0 Å². The van der Waals surface area contributed by atoms with E-state index in [1.165, 1.54) is 0 Å². The number of rotatable bonds is 7. The number of carbonyl (C=O) groups excluding carboxylic acids is 4. The van der Waals surface area contributed by atoms with Gasteiger partial charge in [-0.15, -0.1) is 0 Å². The molecule has 0 spiro atoms. The second kappa shape index (κ2) is 20.3. The van der Waals surface area contributed by atoms with Crippen LogP contribution >= 0.6 is 0 Å². The van der Waals surface area contributed by atoms with Gasteiger partial charge in [-0.2, -0.15) is 0 Å². The molecule has 14 heteroatoms. The first kappa shape index (κ1) is 36.0. The molecule has 0 fully saturated rings. The summed E-state index contributed by atoms with van der Waals surface area (Å²) in [5.41, 5.74) is 0. The summed E-state index contributed by atoms with van der Waals surface area (Å²) in [6, 6.07) is 0. The molecule has 11 nitrogen and oxygen atoms in total. The Labute approximate surface area is 213 Å². The van der Waals surface area contributed by atoms with E-state index in [4.69, 9.17) is 0 Å². The van der Waals surface area contributed by atoms with Crippen molar-refractivity contribution in [1.82, 2.24) is 10.5 Å². The molecule has 24 heavy (non-hydrogen) atoms. The molecule has 0 saturated carbocycles. The zero-order valence-corrected chi connectivity index (χ0v) is 21.0. The molecule has 0 aliphatic rings. The molecule has 126 valence electrons. The second-order valence-corrected chi connectivity index (χ2v) is 3.44. The van der Waals surface area contributed by atoms with Crippen LogP contribution in [0.15, 0.2) is 0 Å². The van der Waals surface area contributed by atoms with Gasteiger partial charge in [-0.25, -0.2) is 0 Å². The van der Waals surface area contributed by atoms with Gasteiger partial charge in [0.2, 0.25) is 0 Å². The van der Waals surface area contributed by atoms with Crippen LogP contribution in [0.3, 0.4) is 0 Å². The van der Waals surface area contributed by atoms with Crippen LogP contribution in [0.25, 0.3) is 0 Å². The van der Waals surface area contributed by atoms with Gasteiger partial charge in [-0.05, 0) is 0 Å². The second-order valence-electron chi connectivity index (χ2n) is 3.44. The van der Waals surface area contributed by atoms with Gasteiger partial charge in [0.25, 0.3) is 0 Å². The Bertz CT molecular complexity index is 333. The van der Waals surface area contributed by atoms with Gasteiger partial charge in [-0.3, -0.25) is 19.2 Å². The normalized spacial score (nSPS) is 8.42. The van der Waals surface area contributed by atoms with Gasteiger partial charge in [0, 0.05) is 135 Å². The molecule has 0 heterocycles. The molecule has 0 aromatic carbocycles. The molecular weight excluding hydrogens is 378 g/mol. The van der Waals surface area contributed by atoms with Crippen molar-refractivity contribution >= 4 is 121 Å². The Morgan fingerprint density at radius 2 is 0.792 bits per heavy atom. The van der Waals surface area contributed by atoms with Crippen molar-refractivity contribution < 1.29 is 44.0 Å². The summed E-state index contributed by atoms with van der Waals surface area (Å²) in [4.78, 5) is 61.4. The third kappa shape index (κ3) is 23.0. The van der Waals surface area contributed by atoms with Crippen LogP contribution in [0.2, 0.25) is 0 Å². The van der Waals surface area contributed by atoms with Crippen LogP contribution in [0.1, 0.15) is 27.7 Å². The summed E-state index contributed by atoms with van der Waals surface area (Å²) in [7, 11) is 0. The molecule has 0 rings (SSSR count). The molecule has 0 amide bonds. The van der Waals surface area contributed by atoms with Crippen LogP contribution in [-0.2, 0) is 38.5 Å². The van der Waals surface area contributed by atoms with E-state index in [9.17, 15) is 19.2 Å². The van der Waals surface area contributed by atoms with Crippen molar-refractivity contribution in [3.63, 3.8) is 0 Å². The van der Waals surface area contributed by atoms with Crippen molar-refractivity contribution in [2.75, 3.05) is 13.1 Å². The summed E-state index contributed by atoms with van der Waals surface area (Å²) in [6.45, 7) is 3.97. The summed E-state index contributed by atoms with van der Waals surface area (Å²) in [5, 5.41) is 1.15. The predicted octanol–water partition coefficient (Wildman–Crippen LogP) is -2.46. The average Bonchev–Trinajstić information content (AvgIpc) is 2.22. The molecule has 0 unspecified atom stereocenters. The number of hydroxylamine groups is 4. The zero-order valence-electron chi connectivity index (χ0n) is 14.8. The SMILES string of the molecule is CC(=O)ON(CCN(OC(C)=O)OC(C)=O)OC(C)=O.O.[Ca].[Na].[Na]. The monoisotopic (exact) mass is 396 g/mol. The van der Waals surface area contributed by atoms with E-state index in [1.807, 2.05) is 0 Å². The first-order valence-corrected chi connectivity index (χ1v) is 5.50. The van der Waals surface area contributed by atoms with Gasteiger partial charge in [0.1, 0.15) is 0 Å². The maximum atomic E-state index is 10.8. The van der Waals surface area contributed by atoms with Crippen LogP contribution in [-0.4, -0.2) is 150 Å². The van der Waals surface area contributed by atoms with Crippen LogP contribution in [0.5, 0.6) is 0 Å². The molecule has 0 atom stereocenters. The van der Waals surface area contributed by atoms with Gasteiger partial charge in [0.15, 0.2) is 0 Å². The van der Waals surface area contributed by atoms with Crippen molar-refractivity contribution in [1.29, 1.82) is 0 Å². The Morgan fingerprint density at radius 1 is 0.625 bits per heavy atom. The van der Waals surface area contributed by atoms with Gasteiger partial charge < -0.3 is 24.8 Å². The minimum absolute atomic E-state index is 0. The standard InChI is InChI=1S/C10H16N2O8.Ca.2Na.H2O/c1-7(13)17-11(18-8(2)14)5-6-12(19-9(3)15)20-10(4)16;;;;/h5-6H2,1-4H3;;;;1H2. The number of hydrogen-bond acceptors (Lipinski definition) is 10. The van der Waals surface area contributed by atoms with Crippen molar-refractivity contribution in [3.8, 4) is 0 Å². The Balaban J connectivity index is -0.000000301. The molecule has 0 aliphatic heterocycles. The van der Waals surface area contributed by atoms with Crippen molar-refractivity contribution in [3.05, 3.63) is 0 Å². The van der Waals surface area contributed by atoms with E-state index < -0.39 is 23.9 Å². The number of hydrogen-bond donors (Lipinski definition) is 0. The van der Waals surface area contributed by atoms with Gasteiger partial charge in [0.05, 0.1) is 13.1 Å². The fourth-order valence-corrected chi connectivity index (χ4v) is 0.957. The molecule has 0 saturated heterocycles. The first-order chi connectivity index (χ1) is 9.20. The van der Waals surface area contributed by atoms with E-state index in [1.54, 1.807) is 0 Å². The molecule has 0 bridgehead atoms. The topological polar surface area (TPSA) is 143 Å². The van der Waals surface area contributed by atoms with Gasteiger partial charge >= 0.3 is 23.9 Å². The Kier molecular flexibility index (Phi) is 30.5. The maximum Gasteiger partial charge on any atom is 0.326 e. The smallest absolute Gasteiger partial charge is 0.326 e. The van der Waals surface area contributed by atoms with Gasteiger partial charge in [-0.1, -0.05) is 0 Å². The van der Waals surface area contributed by atoms with E-state index in [0.717, 1.165) is 27.7 Å². The van der Waals surface area contributed by atoms with Crippen molar-refractivity contribution in [2.24, 2.45) is 0 Å². The third-order valence-electron chi connectivity index (χ3n) is 1.39. The minimum atomic E-state index is -0.724. The summed E-state index contributed by atoms with van der Waals surface area (Å²) < 4.78 is 0. The van der Waals surface area contributed by atoms with E-state index >= 15 is 0 Å². The average molecular weight is 396 g/mol. The zero-order chi connectivity index (χ0) is 15.7. The molecule has 0 aromatic rings. The molecule has 0 aliphatic carbocycles. The third-order valence-corrected chi connectivity index (χ3v) is 1.39. The fourth-order valence-electron chi connectivity index (χ4n) is 0.957. The Hall–Kier alpha value is 1.02. The Morgan fingerprint density at radius 3 is 0.917 bits per heavy atom. The summed E-state index contributed by atoms with van der Waals surface area (Å²) in [5.74, 6) is -2.90. The predicted molar refractivity (Wildman–Crippen MR) is 81.4 cm³/mol. The summed E-state index contributed by atoms with van der Waals surface area (Å²) >= 11 is 0. The number of nitrogens with zero attached hydrogens (tertiary/aromatic N) is 2. The number of carbonyl (C=O) groups is 4.